The van der Waals surface area contributed by atoms with Crippen LogP contribution in [0.2, 0.25) is 5.02 Å². The molecule has 1 amide bonds. The van der Waals surface area contributed by atoms with Gasteiger partial charge in [0.2, 0.25) is 5.91 Å². The number of nitrogens with one attached hydrogen (secondary N) is 1. The van der Waals surface area contributed by atoms with Gasteiger partial charge in [-0.25, -0.2) is 4.68 Å². The molecule has 28 heavy (non-hydrogen) atoms. The molecule has 1 N–H and O–H groups in total. The van der Waals surface area contributed by atoms with Crippen molar-refractivity contribution in [3.63, 3.8) is 0 Å². The standard InChI is InChI=1S/C21H20ClN3O2S/c1-4-14-7-8-17(28-14)20(27)15-10-18(26)23-21-19(15)12(3)24-25(21)13-6-5-11(2)16(22)9-13/h5-9,15H,4,10H2,1-3H3,(H,23,26)/t15-/m0/s1. The van der Waals surface area contributed by atoms with Crippen LogP contribution in [0.1, 0.15) is 50.6 Å². The first kappa shape index (κ1) is 18.9. The number of aromatic nitrogens is 2. The third kappa shape index (κ3) is 3.16. The Morgan fingerprint density at radius 1 is 1.32 bits per heavy atom. The second-order valence-corrected chi connectivity index (χ2v) is 8.56. The number of amides is 1. The molecule has 0 radical (unpaired) electrons. The largest absolute Gasteiger partial charge is 0.310 e. The zero-order valence-corrected chi connectivity index (χ0v) is 17.4. The van der Waals surface area contributed by atoms with E-state index in [1.165, 1.54) is 11.3 Å². The van der Waals surface area contributed by atoms with Crippen LogP contribution >= 0.6 is 22.9 Å². The summed E-state index contributed by atoms with van der Waals surface area (Å²) in [7, 11) is 0. The SMILES string of the molecule is CCc1ccc(C(=O)[C@H]2CC(=O)Nc3c2c(C)nn3-c2ccc(C)c(Cl)c2)s1. The summed E-state index contributed by atoms with van der Waals surface area (Å²) in [4.78, 5) is 27.5. The second-order valence-electron chi connectivity index (χ2n) is 6.98. The number of aryl methyl sites for hydroxylation is 3. The molecule has 1 aromatic carbocycles. The van der Waals surface area contributed by atoms with Gasteiger partial charge in [0.25, 0.3) is 0 Å². The molecular weight excluding hydrogens is 394 g/mol. The van der Waals surface area contributed by atoms with Crippen LogP contribution in [0.15, 0.2) is 30.3 Å². The summed E-state index contributed by atoms with van der Waals surface area (Å²) in [6, 6.07) is 9.46. The fourth-order valence-corrected chi connectivity index (χ4v) is 4.66. The third-order valence-corrected chi connectivity index (χ3v) is 6.72. The van der Waals surface area contributed by atoms with Gasteiger partial charge in [-0.3, -0.25) is 9.59 Å². The number of carbonyl (C=O) groups is 2. The highest BCUT2D eigenvalue weighted by atomic mass is 35.5. The molecule has 0 fully saturated rings. The minimum atomic E-state index is -0.526. The first-order valence-electron chi connectivity index (χ1n) is 9.17. The Morgan fingerprint density at radius 2 is 2.11 bits per heavy atom. The number of benzene rings is 1. The van der Waals surface area contributed by atoms with Crippen molar-refractivity contribution in [2.75, 3.05) is 5.32 Å². The normalized spacial score (nSPS) is 16.0. The highest BCUT2D eigenvalue weighted by Crippen LogP contribution is 2.39. The molecule has 3 heterocycles. The van der Waals surface area contributed by atoms with Crippen LogP contribution in [0.5, 0.6) is 0 Å². The van der Waals surface area contributed by atoms with Crippen LogP contribution in [0, 0.1) is 13.8 Å². The van der Waals surface area contributed by atoms with E-state index in [1.807, 2.05) is 44.2 Å². The second kappa shape index (κ2) is 7.18. The minimum absolute atomic E-state index is 0.0228. The van der Waals surface area contributed by atoms with Crippen LogP contribution in [0.4, 0.5) is 5.82 Å². The Kier molecular flexibility index (Phi) is 4.85. The van der Waals surface area contributed by atoms with Gasteiger partial charge in [-0.15, -0.1) is 11.3 Å². The van der Waals surface area contributed by atoms with Crippen molar-refractivity contribution < 1.29 is 9.59 Å². The molecule has 0 saturated heterocycles. The van der Waals surface area contributed by atoms with E-state index in [0.717, 1.165) is 33.8 Å². The Hall–Kier alpha value is -2.44. The number of rotatable bonds is 4. The van der Waals surface area contributed by atoms with E-state index >= 15 is 0 Å². The van der Waals surface area contributed by atoms with Crippen molar-refractivity contribution in [1.29, 1.82) is 0 Å². The van der Waals surface area contributed by atoms with E-state index in [1.54, 1.807) is 4.68 Å². The first-order valence-corrected chi connectivity index (χ1v) is 10.4. The molecule has 0 saturated carbocycles. The van der Waals surface area contributed by atoms with Crippen molar-refractivity contribution in [1.82, 2.24) is 9.78 Å². The van der Waals surface area contributed by atoms with Gasteiger partial charge >= 0.3 is 0 Å². The molecule has 0 unspecified atom stereocenters. The number of hydrogen-bond donors (Lipinski definition) is 1. The number of carbonyl (C=O) groups excluding carboxylic acids is 2. The minimum Gasteiger partial charge on any atom is -0.310 e. The molecule has 3 aromatic rings. The number of thiophene rings is 1. The van der Waals surface area contributed by atoms with Crippen LogP contribution in [0.3, 0.4) is 0 Å². The van der Waals surface area contributed by atoms with Gasteiger partial charge < -0.3 is 5.32 Å². The molecule has 0 bridgehead atoms. The molecule has 5 nitrogen and oxygen atoms in total. The van der Waals surface area contributed by atoms with Gasteiger partial charge in [0.1, 0.15) is 5.82 Å². The Labute approximate surface area is 172 Å². The zero-order valence-electron chi connectivity index (χ0n) is 15.9. The lowest BCUT2D eigenvalue weighted by atomic mass is 9.87. The lowest BCUT2D eigenvalue weighted by Crippen LogP contribution is -2.28. The monoisotopic (exact) mass is 413 g/mol. The number of nitrogens with zero attached hydrogens (tertiary/aromatic N) is 2. The predicted octanol–water partition coefficient (Wildman–Crippen LogP) is 5.08. The van der Waals surface area contributed by atoms with Crippen LogP contribution in [0.25, 0.3) is 5.69 Å². The maximum absolute atomic E-state index is 13.2. The maximum Gasteiger partial charge on any atom is 0.226 e. The van der Waals surface area contributed by atoms with Crippen LogP contribution in [-0.2, 0) is 11.2 Å². The van der Waals surface area contributed by atoms with Gasteiger partial charge in [0.15, 0.2) is 5.78 Å². The lowest BCUT2D eigenvalue weighted by molar-refractivity contribution is -0.116. The van der Waals surface area contributed by atoms with Crippen molar-refractivity contribution in [3.05, 3.63) is 61.9 Å². The van der Waals surface area contributed by atoms with E-state index in [4.69, 9.17) is 11.6 Å². The molecule has 0 aliphatic carbocycles. The van der Waals surface area contributed by atoms with E-state index in [2.05, 4.69) is 17.3 Å². The quantitative estimate of drug-likeness (QED) is 0.607. The third-order valence-electron chi connectivity index (χ3n) is 5.07. The fourth-order valence-electron chi connectivity index (χ4n) is 3.54. The number of ketones is 1. The molecule has 1 aliphatic rings. The smallest absolute Gasteiger partial charge is 0.226 e. The fraction of sp³-hybridized carbons (Fsp3) is 0.286. The van der Waals surface area contributed by atoms with Crippen molar-refractivity contribution in [2.24, 2.45) is 0 Å². The highest BCUT2D eigenvalue weighted by Gasteiger charge is 2.36. The number of fused-ring (bicyclic) bond motifs is 1. The van der Waals surface area contributed by atoms with Gasteiger partial charge in [-0.05, 0) is 50.1 Å². The zero-order chi connectivity index (χ0) is 20.0. The maximum atomic E-state index is 13.2. The van der Waals surface area contributed by atoms with Gasteiger partial charge in [0, 0.05) is 21.9 Å². The average Bonchev–Trinajstić information content (AvgIpc) is 3.28. The van der Waals surface area contributed by atoms with Crippen molar-refractivity contribution in [3.8, 4) is 5.69 Å². The van der Waals surface area contributed by atoms with Crippen molar-refractivity contribution in [2.45, 2.75) is 39.5 Å². The number of hydrogen-bond acceptors (Lipinski definition) is 4. The average molecular weight is 414 g/mol. The topological polar surface area (TPSA) is 64.0 Å². The number of Topliss-reactive ketones (excluding diaryl/α,β-unsaturated/α-hetero) is 1. The van der Waals surface area contributed by atoms with Gasteiger partial charge in [0.05, 0.1) is 22.2 Å². The molecular formula is C21H20ClN3O2S. The molecule has 1 atom stereocenters. The first-order chi connectivity index (χ1) is 13.4. The Morgan fingerprint density at radius 3 is 2.79 bits per heavy atom. The van der Waals surface area contributed by atoms with E-state index < -0.39 is 5.92 Å². The molecule has 7 heteroatoms. The molecule has 0 spiro atoms. The van der Waals surface area contributed by atoms with Crippen molar-refractivity contribution >= 4 is 40.4 Å². The molecule has 4 rings (SSSR count). The van der Waals surface area contributed by atoms with E-state index in [0.29, 0.717) is 15.7 Å². The van der Waals surface area contributed by atoms with Gasteiger partial charge in [-0.2, -0.15) is 5.10 Å². The van der Waals surface area contributed by atoms with Gasteiger partial charge in [-0.1, -0.05) is 24.6 Å². The highest BCUT2D eigenvalue weighted by molar-refractivity contribution is 7.14. The van der Waals surface area contributed by atoms with E-state index in [-0.39, 0.29) is 18.1 Å². The summed E-state index contributed by atoms with van der Waals surface area (Å²) in [5, 5.41) is 8.14. The summed E-state index contributed by atoms with van der Waals surface area (Å²) in [6.07, 6.45) is 1.02. The van der Waals surface area contributed by atoms with Crippen LogP contribution < -0.4 is 5.32 Å². The van der Waals surface area contributed by atoms with E-state index in [9.17, 15) is 9.59 Å². The summed E-state index contributed by atoms with van der Waals surface area (Å²) < 4.78 is 1.67. The summed E-state index contributed by atoms with van der Waals surface area (Å²) >= 11 is 7.77. The molecule has 1 aliphatic heterocycles. The Balaban J connectivity index is 1.80. The molecule has 144 valence electrons. The number of anilines is 1. The summed E-state index contributed by atoms with van der Waals surface area (Å²) in [5.41, 5.74) is 3.23. The van der Waals surface area contributed by atoms with Crippen LogP contribution in [-0.4, -0.2) is 21.5 Å². The predicted molar refractivity (Wildman–Crippen MR) is 112 cm³/mol. The Bertz CT molecular complexity index is 1100. The summed E-state index contributed by atoms with van der Waals surface area (Å²) in [6.45, 7) is 5.86. The lowest BCUT2D eigenvalue weighted by Gasteiger charge is -2.22. The molecule has 2 aromatic heterocycles. The number of halogens is 1. The summed E-state index contributed by atoms with van der Waals surface area (Å²) in [5.74, 6) is -0.177.